The van der Waals surface area contributed by atoms with Crippen LogP contribution in [-0.2, 0) is 4.57 Å². The predicted octanol–water partition coefficient (Wildman–Crippen LogP) is 5.91. The highest BCUT2D eigenvalue weighted by Gasteiger charge is 2.42. The van der Waals surface area contributed by atoms with Gasteiger partial charge in [-0.15, -0.1) is 0 Å². The zero-order valence-corrected chi connectivity index (χ0v) is 27.2. The van der Waals surface area contributed by atoms with Gasteiger partial charge in [-0.25, -0.2) is 0 Å². The third-order valence-corrected chi connectivity index (χ3v) is 10.1. The van der Waals surface area contributed by atoms with Gasteiger partial charge in [0.15, 0.2) is 0 Å². The molecule has 3 heterocycles. The van der Waals surface area contributed by atoms with Crippen molar-refractivity contribution in [1.29, 1.82) is 0 Å². The zero-order valence-electron chi connectivity index (χ0n) is 26.3. The smallest absolute Gasteiger partial charge is 0.231 e. The third-order valence-electron chi connectivity index (χ3n) is 8.53. The van der Waals surface area contributed by atoms with Crippen LogP contribution >= 0.6 is 7.14 Å². The van der Waals surface area contributed by atoms with Crippen molar-refractivity contribution < 1.29 is 14.4 Å². The van der Waals surface area contributed by atoms with Crippen LogP contribution < -0.4 is 25.6 Å². The van der Waals surface area contributed by atoms with Gasteiger partial charge in [0, 0.05) is 48.9 Å². The molecule has 2 fully saturated rings. The number of rotatable bonds is 11. The normalized spacial score (nSPS) is 17.0. The van der Waals surface area contributed by atoms with Gasteiger partial charge in [-0.2, -0.15) is 9.97 Å². The summed E-state index contributed by atoms with van der Waals surface area (Å²) in [5, 5.41) is 18.8. The van der Waals surface area contributed by atoms with Crippen LogP contribution in [-0.4, -0.2) is 82.7 Å². The Morgan fingerprint density at radius 1 is 1.11 bits per heavy atom. The molecule has 2 aliphatic rings. The van der Waals surface area contributed by atoms with Gasteiger partial charge in [0.2, 0.25) is 5.95 Å². The first-order chi connectivity index (χ1) is 21.0. The van der Waals surface area contributed by atoms with E-state index in [1.54, 1.807) is 13.3 Å². The second-order valence-corrected chi connectivity index (χ2v) is 16.1. The lowest BCUT2D eigenvalue weighted by Gasteiger charge is -2.39. The van der Waals surface area contributed by atoms with Gasteiger partial charge in [0.1, 0.15) is 24.4 Å². The Hall–Kier alpha value is -3.59. The molecular formula is C33H44N7O3P. The van der Waals surface area contributed by atoms with Crippen molar-refractivity contribution in [2.75, 3.05) is 55.5 Å². The van der Waals surface area contributed by atoms with E-state index in [-0.39, 0.29) is 6.10 Å². The molecule has 0 radical (unpaired) electrons. The molecule has 1 aliphatic heterocycles. The first kappa shape index (κ1) is 30.4. The highest BCUT2D eigenvalue weighted by Crippen LogP contribution is 2.40. The molecule has 234 valence electrons. The number of para-hydroxylation sites is 1. The molecule has 1 saturated carbocycles. The number of hydrogen-bond donors (Lipinski definition) is 4. The van der Waals surface area contributed by atoms with E-state index in [1.807, 2.05) is 62.5 Å². The summed E-state index contributed by atoms with van der Waals surface area (Å²) in [6, 6.07) is 16.2. The van der Waals surface area contributed by atoms with E-state index in [9.17, 15) is 9.67 Å². The fourth-order valence-corrected chi connectivity index (χ4v) is 7.20. The van der Waals surface area contributed by atoms with Gasteiger partial charge in [-0.3, -0.25) is 0 Å². The van der Waals surface area contributed by atoms with Crippen molar-refractivity contribution in [2.24, 2.45) is 0 Å². The van der Waals surface area contributed by atoms with Gasteiger partial charge >= 0.3 is 0 Å². The second-order valence-electron chi connectivity index (χ2n) is 13.0. The summed E-state index contributed by atoms with van der Waals surface area (Å²) >= 11 is 0. The molecule has 4 N–H and O–H groups in total. The van der Waals surface area contributed by atoms with E-state index in [0.29, 0.717) is 23.5 Å². The molecule has 11 heteroatoms. The summed E-state index contributed by atoms with van der Waals surface area (Å²) in [6.07, 6.45) is 5.78. The molecular weight excluding hydrogens is 573 g/mol. The quantitative estimate of drug-likeness (QED) is 0.152. The number of benzene rings is 2. The van der Waals surface area contributed by atoms with Gasteiger partial charge in [0.25, 0.3) is 0 Å². The molecule has 4 aromatic rings. The molecule has 0 amide bonds. The van der Waals surface area contributed by atoms with E-state index in [0.717, 1.165) is 78.8 Å². The lowest BCUT2D eigenvalue weighted by Crippen LogP contribution is -2.46. The minimum atomic E-state index is -2.51. The highest BCUT2D eigenvalue weighted by atomic mass is 31.2. The minimum absolute atomic E-state index is 0.0162. The molecule has 0 bridgehead atoms. The molecule has 0 atom stereocenters. The monoisotopic (exact) mass is 617 g/mol. The Bertz CT molecular complexity index is 1670. The maximum atomic E-state index is 13.0. The Kier molecular flexibility index (Phi) is 8.35. The Labute approximate surface area is 259 Å². The molecule has 0 unspecified atom stereocenters. The topological polar surface area (TPSA) is 119 Å². The summed E-state index contributed by atoms with van der Waals surface area (Å²) in [7, 11) is -0.372. The Morgan fingerprint density at radius 3 is 2.57 bits per heavy atom. The number of nitrogens with one attached hydrogen (secondary N) is 3. The van der Waals surface area contributed by atoms with Gasteiger partial charge < -0.3 is 39.8 Å². The number of aromatic nitrogens is 3. The van der Waals surface area contributed by atoms with Gasteiger partial charge in [0.05, 0.1) is 28.5 Å². The van der Waals surface area contributed by atoms with Crippen molar-refractivity contribution in [3.8, 4) is 5.75 Å². The third kappa shape index (κ3) is 6.88. The van der Waals surface area contributed by atoms with E-state index >= 15 is 0 Å². The number of aromatic amines is 1. The van der Waals surface area contributed by atoms with Crippen LogP contribution in [0.2, 0.25) is 0 Å². The lowest BCUT2D eigenvalue weighted by molar-refractivity contribution is 0.0776. The van der Waals surface area contributed by atoms with Crippen molar-refractivity contribution in [3.63, 3.8) is 0 Å². The van der Waals surface area contributed by atoms with Gasteiger partial charge in [-0.1, -0.05) is 12.1 Å². The summed E-state index contributed by atoms with van der Waals surface area (Å²) in [5.74, 6) is 1.87. The Morgan fingerprint density at radius 2 is 1.86 bits per heavy atom. The number of fused-ring (bicyclic) bond motifs is 1. The average Bonchev–Trinajstić information content (AvgIpc) is 3.49. The molecule has 0 spiro atoms. The van der Waals surface area contributed by atoms with Crippen molar-refractivity contribution in [2.45, 2.75) is 57.3 Å². The largest absolute Gasteiger partial charge is 0.489 e. The molecule has 10 nitrogen and oxygen atoms in total. The maximum Gasteiger partial charge on any atom is 0.231 e. The minimum Gasteiger partial charge on any atom is -0.489 e. The fraction of sp³-hybridized carbons (Fsp3) is 0.455. The van der Waals surface area contributed by atoms with Crippen molar-refractivity contribution >= 4 is 52.3 Å². The number of hydrogen-bond acceptors (Lipinski definition) is 9. The standard InChI is InChI=1S/C33H44N7O3P/c1-22(2)43-28-20-23(10-11-27(28)40-18-13-24(14-19-40)39(3)21-33(41)15-16-33)35-32-37-30-25(12-17-34-30)31(38-32)36-26-8-6-7-9-29(26)44(4,5)42/h6-12,17,20,22,24,41H,13-16,18-19,21H2,1-5H3,(H3,34,35,36,37,38). The highest BCUT2D eigenvalue weighted by molar-refractivity contribution is 7.70. The van der Waals surface area contributed by atoms with Crippen LogP contribution in [0.15, 0.2) is 54.7 Å². The lowest BCUT2D eigenvalue weighted by atomic mass is 10.0. The fourth-order valence-electron chi connectivity index (χ4n) is 6.04. The average molecular weight is 618 g/mol. The number of anilines is 5. The van der Waals surface area contributed by atoms with Crippen LogP contribution in [0.3, 0.4) is 0 Å². The predicted molar refractivity (Wildman–Crippen MR) is 180 cm³/mol. The van der Waals surface area contributed by atoms with Crippen LogP contribution in [0, 0.1) is 0 Å². The van der Waals surface area contributed by atoms with Crippen LogP contribution in [0.5, 0.6) is 5.75 Å². The second kappa shape index (κ2) is 12.1. The number of H-pyrrole nitrogens is 1. The number of nitrogens with zero attached hydrogens (tertiary/aromatic N) is 4. The van der Waals surface area contributed by atoms with Crippen LogP contribution in [0.1, 0.15) is 39.5 Å². The first-order valence-corrected chi connectivity index (χ1v) is 18.1. The summed E-state index contributed by atoms with van der Waals surface area (Å²) < 4.78 is 19.3. The molecule has 44 heavy (non-hydrogen) atoms. The number of ether oxygens (including phenoxy) is 1. The van der Waals surface area contributed by atoms with E-state index in [2.05, 4.69) is 38.5 Å². The molecule has 1 aliphatic carbocycles. The van der Waals surface area contributed by atoms with Crippen LogP contribution in [0.4, 0.5) is 28.8 Å². The number of piperidine rings is 1. The first-order valence-electron chi connectivity index (χ1n) is 15.5. The number of aliphatic hydroxyl groups is 1. The number of likely N-dealkylation sites (N-methyl/N-ethyl adjacent to an activating group) is 1. The van der Waals surface area contributed by atoms with Crippen LogP contribution in [0.25, 0.3) is 11.0 Å². The SMILES string of the molecule is CC(C)Oc1cc(Nc2nc(Nc3ccccc3P(C)(C)=O)c3cc[nH]c3n2)ccc1N1CCC(N(C)CC2(O)CC2)CC1. The van der Waals surface area contributed by atoms with Crippen molar-refractivity contribution in [1.82, 2.24) is 19.9 Å². The summed E-state index contributed by atoms with van der Waals surface area (Å²) in [6.45, 7) is 10.2. The molecule has 1 saturated heterocycles. The van der Waals surface area contributed by atoms with Crippen molar-refractivity contribution in [3.05, 3.63) is 54.7 Å². The summed E-state index contributed by atoms with van der Waals surface area (Å²) in [5.41, 5.74) is 2.90. The summed E-state index contributed by atoms with van der Waals surface area (Å²) in [4.78, 5) is 17.5. The van der Waals surface area contributed by atoms with E-state index < -0.39 is 12.7 Å². The van der Waals surface area contributed by atoms with E-state index in [1.165, 1.54) is 0 Å². The zero-order chi connectivity index (χ0) is 31.1. The van der Waals surface area contributed by atoms with Gasteiger partial charge in [-0.05, 0) is 90.2 Å². The molecule has 2 aromatic heterocycles. The Balaban J connectivity index is 1.22. The molecule has 6 rings (SSSR count). The molecule has 2 aromatic carbocycles. The van der Waals surface area contributed by atoms with E-state index in [4.69, 9.17) is 14.7 Å². The maximum absolute atomic E-state index is 13.0.